The molecule has 1 aliphatic heterocycles. The number of piperidine rings is 1. The Balaban J connectivity index is 1.89. The van der Waals surface area contributed by atoms with Crippen LogP contribution in [0.25, 0.3) is 11.4 Å². The first kappa shape index (κ1) is 19.7. The molecule has 0 unspecified atom stereocenters. The number of nitrogens with zero attached hydrogens (tertiary/aromatic N) is 4. The maximum atomic E-state index is 13.4. The van der Waals surface area contributed by atoms with Crippen LogP contribution in [-0.2, 0) is 7.05 Å². The van der Waals surface area contributed by atoms with Gasteiger partial charge in [0.1, 0.15) is 17.6 Å². The lowest BCUT2D eigenvalue weighted by Crippen LogP contribution is -2.44. The molecule has 152 valence electrons. The summed E-state index contributed by atoms with van der Waals surface area (Å²) in [4.78, 5) is 20.2. The standard InChI is InChI=1S/C23H23N5O2/c1-27-21(16-8-3-2-4-9-16)26-22(28-13-7-11-18(25)15-28)20(23(27)29)30-19-12-6-5-10-17(19)14-24/h2-6,8-10,12,18H,7,11,13,15,25H2,1H3/t18-/m1/s1. The summed E-state index contributed by atoms with van der Waals surface area (Å²) < 4.78 is 7.50. The average molecular weight is 401 g/mol. The van der Waals surface area contributed by atoms with Gasteiger partial charge in [-0.3, -0.25) is 9.36 Å². The summed E-state index contributed by atoms with van der Waals surface area (Å²) in [5, 5.41) is 9.41. The van der Waals surface area contributed by atoms with Crippen molar-refractivity contribution in [2.24, 2.45) is 12.8 Å². The monoisotopic (exact) mass is 401 g/mol. The summed E-state index contributed by atoms with van der Waals surface area (Å²) >= 11 is 0. The zero-order valence-electron chi connectivity index (χ0n) is 16.8. The molecule has 1 fully saturated rings. The average Bonchev–Trinajstić information content (AvgIpc) is 2.78. The van der Waals surface area contributed by atoms with Gasteiger partial charge in [0.05, 0.1) is 5.56 Å². The molecule has 1 atom stereocenters. The van der Waals surface area contributed by atoms with Crippen molar-refractivity contribution < 1.29 is 4.74 Å². The lowest BCUT2D eigenvalue weighted by Gasteiger charge is -2.32. The number of benzene rings is 2. The Morgan fingerprint density at radius 3 is 2.63 bits per heavy atom. The van der Waals surface area contributed by atoms with Gasteiger partial charge in [-0.05, 0) is 25.0 Å². The van der Waals surface area contributed by atoms with Crippen molar-refractivity contribution in [2.75, 3.05) is 18.0 Å². The Morgan fingerprint density at radius 1 is 1.17 bits per heavy atom. The van der Waals surface area contributed by atoms with Gasteiger partial charge in [-0.2, -0.15) is 5.26 Å². The first-order chi connectivity index (χ1) is 14.6. The van der Waals surface area contributed by atoms with Gasteiger partial charge in [-0.1, -0.05) is 42.5 Å². The molecule has 0 aliphatic carbocycles. The van der Waals surface area contributed by atoms with E-state index in [0.717, 1.165) is 24.9 Å². The summed E-state index contributed by atoms with van der Waals surface area (Å²) in [7, 11) is 1.67. The van der Waals surface area contributed by atoms with Gasteiger partial charge in [-0.25, -0.2) is 4.98 Å². The van der Waals surface area contributed by atoms with Crippen molar-refractivity contribution >= 4 is 5.82 Å². The third kappa shape index (κ3) is 3.78. The van der Waals surface area contributed by atoms with E-state index in [1.165, 1.54) is 4.57 Å². The van der Waals surface area contributed by atoms with E-state index in [1.54, 1.807) is 31.3 Å². The van der Waals surface area contributed by atoms with Gasteiger partial charge in [0.2, 0.25) is 5.75 Å². The number of para-hydroxylation sites is 1. The summed E-state index contributed by atoms with van der Waals surface area (Å²) in [5.74, 6) is 1.44. The predicted octanol–water partition coefficient (Wildman–Crippen LogP) is 3.04. The largest absolute Gasteiger partial charge is 0.446 e. The second-order valence-corrected chi connectivity index (χ2v) is 7.38. The second kappa shape index (κ2) is 8.39. The number of hydrogen-bond acceptors (Lipinski definition) is 6. The van der Waals surface area contributed by atoms with Crippen LogP contribution in [0, 0.1) is 11.3 Å². The van der Waals surface area contributed by atoms with Crippen LogP contribution in [0.15, 0.2) is 59.4 Å². The van der Waals surface area contributed by atoms with Crippen LogP contribution < -0.4 is 20.9 Å². The van der Waals surface area contributed by atoms with Crippen LogP contribution >= 0.6 is 0 Å². The highest BCUT2D eigenvalue weighted by atomic mass is 16.5. The Bertz CT molecular complexity index is 1150. The van der Waals surface area contributed by atoms with Crippen LogP contribution in [0.4, 0.5) is 5.82 Å². The highest BCUT2D eigenvalue weighted by Crippen LogP contribution is 2.32. The maximum Gasteiger partial charge on any atom is 0.298 e. The molecule has 0 spiro atoms. The summed E-state index contributed by atoms with van der Waals surface area (Å²) in [5.41, 5.74) is 7.07. The third-order valence-corrected chi connectivity index (χ3v) is 5.24. The maximum absolute atomic E-state index is 13.4. The number of ether oxygens (including phenoxy) is 1. The Hall–Kier alpha value is -3.63. The molecule has 1 saturated heterocycles. The number of rotatable bonds is 4. The highest BCUT2D eigenvalue weighted by molar-refractivity contribution is 5.63. The fourth-order valence-corrected chi connectivity index (χ4v) is 3.68. The van der Waals surface area contributed by atoms with E-state index in [0.29, 0.717) is 29.5 Å². The smallest absolute Gasteiger partial charge is 0.298 e. The van der Waals surface area contributed by atoms with Gasteiger partial charge in [0, 0.05) is 31.7 Å². The fourth-order valence-electron chi connectivity index (χ4n) is 3.68. The molecule has 0 amide bonds. The van der Waals surface area contributed by atoms with E-state index in [2.05, 4.69) is 6.07 Å². The molecule has 2 N–H and O–H groups in total. The van der Waals surface area contributed by atoms with Gasteiger partial charge in [-0.15, -0.1) is 0 Å². The molecule has 0 bridgehead atoms. The van der Waals surface area contributed by atoms with Crippen LogP contribution in [0.5, 0.6) is 11.5 Å². The zero-order chi connectivity index (χ0) is 21.1. The van der Waals surface area contributed by atoms with E-state index in [4.69, 9.17) is 15.5 Å². The Morgan fingerprint density at radius 2 is 1.90 bits per heavy atom. The van der Waals surface area contributed by atoms with Crippen molar-refractivity contribution in [1.82, 2.24) is 9.55 Å². The molecule has 3 aromatic rings. The molecule has 1 aromatic heterocycles. The van der Waals surface area contributed by atoms with E-state index < -0.39 is 0 Å². The van der Waals surface area contributed by atoms with E-state index in [1.807, 2.05) is 35.2 Å². The van der Waals surface area contributed by atoms with Gasteiger partial charge < -0.3 is 15.4 Å². The van der Waals surface area contributed by atoms with Crippen LogP contribution in [-0.4, -0.2) is 28.7 Å². The molecule has 0 radical (unpaired) electrons. The van der Waals surface area contributed by atoms with Gasteiger partial charge in [0.25, 0.3) is 5.56 Å². The molecular formula is C23H23N5O2. The third-order valence-electron chi connectivity index (χ3n) is 5.24. The second-order valence-electron chi connectivity index (χ2n) is 7.38. The number of nitrogens with two attached hydrogens (primary N) is 1. The van der Waals surface area contributed by atoms with E-state index in [-0.39, 0.29) is 17.4 Å². The quantitative estimate of drug-likeness (QED) is 0.722. The Labute approximate surface area is 175 Å². The topological polar surface area (TPSA) is 97.2 Å². The molecule has 1 aliphatic rings. The van der Waals surface area contributed by atoms with Crippen LogP contribution in [0.1, 0.15) is 18.4 Å². The van der Waals surface area contributed by atoms with E-state index >= 15 is 0 Å². The number of aromatic nitrogens is 2. The molecule has 7 nitrogen and oxygen atoms in total. The minimum absolute atomic E-state index is 0.00373. The van der Waals surface area contributed by atoms with Crippen molar-refractivity contribution in [2.45, 2.75) is 18.9 Å². The number of anilines is 1. The van der Waals surface area contributed by atoms with E-state index in [9.17, 15) is 10.1 Å². The first-order valence-corrected chi connectivity index (χ1v) is 9.92. The summed E-state index contributed by atoms with van der Waals surface area (Å²) in [6.45, 7) is 1.32. The molecule has 4 rings (SSSR count). The summed E-state index contributed by atoms with van der Waals surface area (Å²) in [6.07, 6.45) is 1.84. The molecule has 30 heavy (non-hydrogen) atoms. The minimum atomic E-state index is -0.314. The molecule has 2 aromatic carbocycles. The van der Waals surface area contributed by atoms with Gasteiger partial charge >= 0.3 is 0 Å². The Kier molecular flexibility index (Phi) is 5.50. The zero-order valence-corrected chi connectivity index (χ0v) is 16.8. The highest BCUT2D eigenvalue weighted by Gasteiger charge is 2.26. The fraction of sp³-hybridized carbons (Fsp3) is 0.261. The molecule has 0 saturated carbocycles. The molecule has 7 heteroatoms. The summed E-state index contributed by atoms with van der Waals surface area (Å²) in [6, 6.07) is 18.5. The first-order valence-electron chi connectivity index (χ1n) is 9.92. The van der Waals surface area contributed by atoms with Crippen LogP contribution in [0.2, 0.25) is 0 Å². The number of nitriles is 1. The van der Waals surface area contributed by atoms with Gasteiger partial charge in [0.15, 0.2) is 5.82 Å². The SMILES string of the molecule is Cn1c(-c2ccccc2)nc(N2CCC[C@@H](N)C2)c(Oc2ccccc2C#N)c1=O. The van der Waals surface area contributed by atoms with Crippen molar-refractivity contribution in [1.29, 1.82) is 5.26 Å². The lowest BCUT2D eigenvalue weighted by atomic mass is 10.1. The lowest BCUT2D eigenvalue weighted by molar-refractivity contribution is 0.452. The predicted molar refractivity (Wildman–Crippen MR) is 116 cm³/mol. The minimum Gasteiger partial charge on any atom is -0.446 e. The van der Waals surface area contributed by atoms with Crippen molar-refractivity contribution in [3.05, 3.63) is 70.5 Å². The molecular weight excluding hydrogens is 378 g/mol. The molecule has 2 heterocycles. The van der Waals surface area contributed by atoms with Crippen molar-refractivity contribution in [3.63, 3.8) is 0 Å². The van der Waals surface area contributed by atoms with Crippen molar-refractivity contribution in [3.8, 4) is 29.0 Å². The number of hydrogen-bond donors (Lipinski definition) is 1. The van der Waals surface area contributed by atoms with Crippen LogP contribution in [0.3, 0.4) is 0 Å². The normalized spacial score (nSPS) is 16.2.